The molecule has 2 atom stereocenters. The highest BCUT2D eigenvalue weighted by Gasteiger charge is 2.56. The maximum absolute atomic E-state index is 13.1. The Morgan fingerprint density at radius 2 is 1.65 bits per heavy atom. The lowest BCUT2D eigenvalue weighted by Crippen LogP contribution is -2.44. The molecule has 6 heteroatoms. The lowest BCUT2D eigenvalue weighted by Gasteiger charge is -2.39. The third-order valence-corrected chi connectivity index (χ3v) is 8.26. The standard InChI is InChI=1S/C14H28NO3PS/c1-12(2,3)11-15-10(14(6,7)20-11)19(16)17-8-13(4,5)9-18-19/h10-11,15H,8-9H2,1-7H3/t10-,11-/m1/s1. The lowest BCUT2D eigenvalue weighted by atomic mass is 9.96. The molecule has 0 aromatic rings. The largest absolute Gasteiger partial charge is 0.348 e. The first-order valence-corrected chi connectivity index (χ1v) is 9.68. The molecular weight excluding hydrogens is 293 g/mol. The van der Waals surface area contributed by atoms with E-state index in [1.54, 1.807) is 0 Å². The zero-order chi connectivity index (χ0) is 15.4. The molecule has 0 aromatic heterocycles. The molecule has 0 bridgehead atoms. The van der Waals surface area contributed by atoms with Crippen LogP contribution in [0.3, 0.4) is 0 Å². The Morgan fingerprint density at radius 1 is 1.15 bits per heavy atom. The van der Waals surface area contributed by atoms with E-state index in [9.17, 15) is 4.57 Å². The van der Waals surface area contributed by atoms with Crippen molar-refractivity contribution in [2.24, 2.45) is 10.8 Å². The van der Waals surface area contributed by atoms with Gasteiger partial charge in [0, 0.05) is 10.2 Å². The first-order chi connectivity index (χ1) is 8.86. The van der Waals surface area contributed by atoms with Crippen molar-refractivity contribution < 1.29 is 13.6 Å². The molecule has 0 radical (unpaired) electrons. The first-order valence-electron chi connectivity index (χ1n) is 7.18. The van der Waals surface area contributed by atoms with E-state index in [2.05, 4.69) is 53.8 Å². The van der Waals surface area contributed by atoms with E-state index in [1.165, 1.54) is 0 Å². The molecule has 2 aliphatic rings. The maximum Gasteiger partial charge on any atom is 0.348 e. The summed E-state index contributed by atoms with van der Waals surface area (Å²) >= 11 is 1.83. The fourth-order valence-corrected chi connectivity index (χ4v) is 6.96. The topological polar surface area (TPSA) is 47.6 Å². The summed E-state index contributed by atoms with van der Waals surface area (Å²) in [7, 11) is -3.10. The van der Waals surface area contributed by atoms with Crippen molar-refractivity contribution in [2.75, 3.05) is 13.2 Å². The zero-order valence-electron chi connectivity index (χ0n) is 13.6. The van der Waals surface area contributed by atoms with Crippen LogP contribution >= 0.6 is 19.4 Å². The Morgan fingerprint density at radius 3 is 2.05 bits per heavy atom. The molecular formula is C14H28NO3PS. The van der Waals surface area contributed by atoms with E-state index < -0.39 is 7.60 Å². The van der Waals surface area contributed by atoms with Crippen LogP contribution in [0.4, 0.5) is 0 Å². The molecule has 118 valence electrons. The van der Waals surface area contributed by atoms with E-state index in [-0.39, 0.29) is 26.7 Å². The van der Waals surface area contributed by atoms with Gasteiger partial charge in [0.15, 0.2) is 0 Å². The predicted molar refractivity (Wildman–Crippen MR) is 85.1 cm³/mol. The minimum absolute atomic E-state index is 0.0623. The average Bonchev–Trinajstić information content (AvgIpc) is 2.60. The van der Waals surface area contributed by atoms with Gasteiger partial charge in [0.25, 0.3) is 0 Å². The van der Waals surface area contributed by atoms with Crippen LogP contribution in [-0.4, -0.2) is 29.1 Å². The summed E-state index contributed by atoms with van der Waals surface area (Å²) in [5.41, 5.74) is 0.0398. The third kappa shape index (κ3) is 3.27. The van der Waals surface area contributed by atoms with Gasteiger partial charge < -0.3 is 9.05 Å². The molecule has 4 nitrogen and oxygen atoms in total. The van der Waals surface area contributed by atoms with Gasteiger partial charge >= 0.3 is 7.60 Å². The van der Waals surface area contributed by atoms with E-state index in [4.69, 9.17) is 9.05 Å². The first kappa shape index (κ1) is 16.8. The Balaban J connectivity index is 2.18. The minimum atomic E-state index is -3.10. The fraction of sp³-hybridized carbons (Fsp3) is 1.00. The molecule has 2 fully saturated rings. The summed E-state index contributed by atoms with van der Waals surface area (Å²) in [6, 6.07) is 0. The monoisotopic (exact) mass is 321 g/mol. The smallest absolute Gasteiger partial charge is 0.307 e. The second-order valence-electron chi connectivity index (χ2n) is 8.29. The van der Waals surface area contributed by atoms with Crippen molar-refractivity contribution in [3.05, 3.63) is 0 Å². The van der Waals surface area contributed by atoms with Crippen LogP contribution < -0.4 is 5.32 Å². The van der Waals surface area contributed by atoms with Crippen LogP contribution in [0, 0.1) is 10.8 Å². The molecule has 2 aliphatic heterocycles. The van der Waals surface area contributed by atoms with Crippen molar-refractivity contribution in [3.63, 3.8) is 0 Å². The van der Waals surface area contributed by atoms with E-state index >= 15 is 0 Å². The second-order valence-corrected chi connectivity index (χ2v) is 12.2. The Bertz CT molecular complexity index is 417. The summed E-state index contributed by atoms with van der Waals surface area (Å²) in [5, 5.41) is 3.75. The van der Waals surface area contributed by atoms with Crippen LogP contribution in [0.25, 0.3) is 0 Å². The van der Waals surface area contributed by atoms with Crippen LogP contribution in [0.15, 0.2) is 0 Å². The molecule has 2 rings (SSSR count). The molecule has 2 saturated heterocycles. The van der Waals surface area contributed by atoms with Gasteiger partial charge in [-0.25, -0.2) is 0 Å². The highest BCUT2D eigenvalue weighted by molar-refractivity contribution is 8.01. The summed E-state index contributed by atoms with van der Waals surface area (Å²) in [6.07, 6.45) is 0. The molecule has 0 saturated carbocycles. The molecule has 2 heterocycles. The number of rotatable bonds is 1. The molecule has 0 unspecified atom stereocenters. The van der Waals surface area contributed by atoms with Gasteiger partial charge in [-0.3, -0.25) is 9.88 Å². The Kier molecular flexibility index (Phi) is 4.20. The fourth-order valence-electron chi connectivity index (χ4n) is 2.40. The SMILES string of the molecule is CC1(C)COP(=O)([C@H]2N[C@@H](C(C)(C)C)SC2(C)C)OC1. The molecule has 0 aromatic carbocycles. The lowest BCUT2D eigenvalue weighted by molar-refractivity contribution is 0.0354. The van der Waals surface area contributed by atoms with Gasteiger partial charge in [-0.1, -0.05) is 34.6 Å². The van der Waals surface area contributed by atoms with Crippen LogP contribution in [0.2, 0.25) is 0 Å². The molecule has 20 heavy (non-hydrogen) atoms. The summed E-state index contributed by atoms with van der Waals surface area (Å²) in [6.45, 7) is 15.9. The van der Waals surface area contributed by atoms with E-state index in [0.717, 1.165) is 0 Å². The third-order valence-electron chi connectivity index (χ3n) is 3.76. The Hall–Kier alpha value is 0.460. The van der Waals surface area contributed by atoms with Gasteiger partial charge in [0.2, 0.25) is 0 Å². The highest BCUT2D eigenvalue weighted by atomic mass is 32.2. The van der Waals surface area contributed by atoms with Gasteiger partial charge in [-0.05, 0) is 19.3 Å². The predicted octanol–water partition coefficient (Wildman–Crippen LogP) is 4.07. The van der Waals surface area contributed by atoms with Crippen LogP contribution in [0.1, 0.15) is 48.5 Å². The van der Waals surface area contributed by atoms with Gasteiger partial charge in [0.05, 0.1) is 18.6 Å². The summed E-state index contributed by atoms with van der Waals surface area (Å²) in [4.78, 5) is 0. The molecule has 0 spiro atoms. The number of hydrogen-bond donors (Lipinski definition) is 1. The zero-order valence-corrected chi connectivity index (χ0v) is 15.4. The Labute approximate surface area is 127 Å². The maximum atomic E-state index is 13.1. The summed E-state index contributed by atoms with van der Waals surface area (Å²) < 4.78 is 24.4. The van der Waals surface area contributed by atoms with Gasteiger partial charge in [0.1, 0.15) is 5.78 Å². The second kappa shape index (κ2) is 4.99. The number of nitrogens with one attached hydrogen (secondary N) is 1. The highest BCUT2D eigenvalue weighted by Crippen LogP contribution is 2.64. The van der Waals surface area contributed by atoms with Crippen molar-refractivity contribution in [1.29, 1.82) is 0 Å². The molecule has 0 aliphatic carbocycles. The van der Waals surface area contributed by atoms with Crippen molar-refractivity contribution in [3.8, 4) is 0 Å². The van der Waals surface area contributed by atoms with E-state index in [0.29, 0.717) is 13.2 Å². The quantitative estimate of drug-likeness (QED) is 0.738. The average molecular weight is 321 g/mol. The summed E-state index contributed by atoms with van der Waals surface area (Å²) in [5.74, 6) is -0.250. The molecule has 1 N–H and O–H groups in total. The normalized spacial score (nSPS) is 36.0. The van der Waals surface area contributed by atoms with Crippen LogP contribution in [-0.2, 0) is 13.6 Å². The van der Waals surface area contributed by atoms with Crippen molar-refractivity contribution >= 4 is 19.4 Å². The number of hydrogen-bond acceptors (Lipinski definition) is 5. The minimum Gasteiger partial charge on any atom is -0.307 e. The van der Waals surface area contributed by atoms with E-state index in [1.807, 2.05) is 11.8 Å². The number of thioether (sulfide) groups is 1. The van der Waals surface area contributed by atoms with Gasteiger partial charge in [-0.15, -0.1) is 11.8 Å². The van der Waals surface area contributed by atoms with Crippen LogP contribution in [0.5, 0.6) is 0 Å². The molecule has 0 amide bonds. The van der Waals surface area contributed by atoms with Crippen molar-refractivity contribution in [2.45, 2.75) is 64.4 Å². The van der Waals surface area contributed by atoms with Gasteiger partial charge in [-0.2, -0.15) is 0 Å². The van der Waals surface area contributed by atoms with Crippen molar-refractivity contribution in [1.82, 2.24) is 5.32 Å².